The van der Waals surface area contributed by atoms with E-state index in [-0.39, 0.29) is 11.9 Å². The molecule has 2 atom stereocenters. The van der Waals surface area contributed by atoms with Crippen LogP contribution in [-0.2, 0) is 0 Å². The normalized spacial score (nSPS) is 23.8. The predicted octanol–water partition coefficient (Wildman–Crippen LogP) is 3.51. The summed E-state index contributed by atoms with van der Waals surface area (Å²) in [6.45, 7) is 2.21. The average molecular weight is 235 g/mol. The Morgan fingerprint density at radius 3 is 2.44 bits per heavy atom. The van der Waals surface area contributed by atoms with Crippen LogP contribution in [-0.4, -0.2) is 5.91 Å². The molecule has 0 N–H and O–H groups in total. The van der Waals surface area contributed by atoms with Crippen molar-refractivity contribution < 1.29 is 4.79 Å². The Hall–Kier alpha value is -2.09. The minimum atomic E-state index is 0.146. The summed E-state index contributed by atoms with van der Waals surface area (Å²) in [5, 5.41) is 0. The van der Waals surface area contributed by atoms with Crippen molar-refractivity contribution in [2.24, 2.45) is 0 Å². The third kappa shape index (κ3) is 1.01. The number of fused-ring (bicyclic) bond motifs is 5. The first-order chi connectivity index (χ1) is 8.79. The molecule has 0 saturated carbocycles. The van der Waals surface area contributed by atoms with Crippen molar-refractivity contribution in [2.45, 2.75) is 18.9 Å². The van der Waals surface area contributed by atoms with Crippen LogP contribution in [0.3, 0.4) is 0 Å². The molecule has 1 amide bonds. The number of nitrogens with zero attached hydrogens (tertiary/aromatic N) is 1. The van der Waals surface area contributed by atoms with Gasteiger partial charge in [-0.1, -0.05) is 43.3 Å². The largest absolute Gasteiger partial charge is 0.300 e. The molecule has 0 fully saturated rings. The van der Waals surface area contributed by atoms with Crippen molar-refractivity contribution in [1.29, 1.82) is 0 Å². The number of amides is 1. The maximum atomic E-state index is 12.5. The zero-order valence-corrected chi connectivity index (χ0v) is 10.1. The number of benzene rings is 2. The summed E-state index contributed by atoms with van der Waals surface area (Å²) in [7, 11) is 0. The van der Waals surface area contributed by atoms with E-state index in [2.05, 4.69) is 25.1 Å². The Balaban J connectivity index is 1.98. The minimum Gasteiger partial charge on any atom is -0.300 e. The van der Waals surface area contributed by atoms with Crippen LogP contribution in [0.5, 0.6) is 0 Å². The van der Waals surface area contributed by atoms with Crippen LogP contribution < -0.4 is 4.90 Å². The van der Waals surface area contributed by atoms with E-state index in [4.69, 9.17) is 0 Å². The van der Waals surface area contributed by atoms with Gasteiger partial charge in [0, 0.05) is 17.2 Å². The molecule has 0 aliphatic carbocycles. The Bertz CT molecular complexity index is 662. The van der Waals surface area contributed by atoms with E-state index in [0.29, 0.717) is 5.92 Å². The van der Waals surface area contributed by atoms with Gasteiger partial charge in [0.05, 0.1) is 6.04 Å². The van der Waals surface area contributed by atoms with Crippen molar-refractivity contribution in [2.75, 3.05) is 4.90 Å². The predicted molar refractivity (Wildman–Crippen MR) is 70.8 cm³/mol. The van der Waals surface area contributed by atoms with Gasteiger partial charge in [0.15, 0.2) is 0 Å². The smallest absolute Gasteiger partial charge is 0.259 e. The third-order valence-electron chi connectivity index (χ3n) is 4.17. The highest BCUT2D eigenvalue weighted by Gasteiger charge is 2.46. The van der Waals surface area contributed by atoms with Crippen LogP contribution in [0.2, 0.25) is 0 Å². The van der Waals surface area contributed by atoms with Crippen molar-refractivity contribution in [1.82, 2.24) is 0 Å². The van der Waals surface area contributed by atoms with E-state index in [9.17, 15) is 4.79 Å². The molecule has 88 valence electrons. The third-order valence-corrected chi connectivity index (χ3v) is 4.17. The van der Waals surface area contributed by atoms with Gasteiger partial charge in [-0.25, -0.2) is 0 Å². The molecular weight excluding hydrogens is 222 g/mol. The summed E-state index contributed by atoms with van der Waals surface area (Å²) in [5.41, 5.74) is 4.40. The van der Waals surface area contributed by atoms with Crippen LogP contribution in [0.1, 0.15) is 40.4 Å². The van der Waals surface area contributed by atoms with Crippen molar-refractivity contribution in [3.05, 3.63) is 65.2 Å². The fourth-order valence-electron chi connectivity index (χ4n) is 3.36. The van der Waals surface area contributed by atoms with Crippen LogP contribution in [0.15, 0.2) is 48.5 Å². The minimum absolute atomic E-state index is 0.146. The second kappa shape index (κ2) is 3.22. The quantitative estimate of drug-likeness (QED) is 0.684. The highest BCUT2D eigenvalue weighted by Crippen LogP contribution is 2.53. The molecule has 0 radical (unpaired) electrons. The SMILES string of the molecule is C[C@@H]1c2ccccc2N2C(=O)c3ccccc3[C@H]12. The van der Waals surface area contributed by atoms with Crippen LogP contribution in [0, 0.1) is 0 Å². The summed E-state index contributed by atoms with van der Waals surface area (Å²) in [6, 6.07) is 16.4. The average Bonchev–Trinajstić information content (AvgIpc) is 2.87. The van der Waals surface area contributed by atoms with Crippen LogP contribution in [0.4, 0.5) is 5.69 Å². The summed E-state index contributed by atoms with van der Waals surface area (Å²) in [4.78, 5) is 14.5. The monoisotopic (exact) mass is 235 g/mol. The van der Waals surface area contributed by atoms with E-state index in [0.717, 1.165) is 11.3 Å². The lowest BCUT2D eigenvalue weighted by atomic mass is 9.91. The topological polar surface area (TPSA) is 20.3 Å². The van der Waals surface area contributed by atoms with E-state index in [1.54, 1.807) is 0 Å². The summed E-state index contributed by atoms with van der Waals surface area (Å²) >= 11 is 0. The first-order valence-electron chi connectivity index (χ1n) is 6.30. The highest BCUT2D eigenvalue weighted by molar-refractivity contribution is 6.12. The van der Waals surface area contributed by atoms with Gasteiger partial charge in [0.1, 0.15) is 0 Å². The number of para-hydroxylation sites is 1. The van der Waals surface area contributed by atoms with Gasteiger partial charge in [-0.3, -0.25) is 9.69 Å². The Morgan fingerprint density at radius 2 is 1.61 bits per heavy atom. The lowest BCUT2D eigenvalue weighted by molar-refractivity contribution is 0.0992. The van der Waals surface area contributed by atoms with Crippen molar-refractivity contribution >= 4 is 11.6 Å². The van der Waals surface area contributed by atoms with Crippen LogP contribution >= 0.6 is 0 Å². The van der Waals surface area contributed by atoms with Crippen molar-refractivity contribution in [3.63, 3.8) is 0 Å². The fraction of sp³-hybridized carbons (Fsp3) is 0.188. The number of hydrogen-bond acceptors (Lipinski definition) is 1. The molecule has 0 unspecified atom stereocenters. The second-order valence-electron chi connectivity index (χ2n) is 5.05. The Labute approximate surface area is 106 Å². The van der Waals surface area contributed by atoms with E-state index >= 15 is 0 Å². The van der Waals surface area contributed by atoms with Gasteiger partial charge in [-0.05, 0) is 23.3 Å². The molecule has 0 bridgehead atoms. The number of carbonyl (C=O) groups is 1. The number of anilines is 1. The first kappa shape index (κ1) is 9.89. The molecule has 2 aliphatic rings. The zero-order valence-electron chi connectivity index (χ0n) is 10.1. The lowest BCUT2D eigenvalue weighted by Gasteiger charge is -2.19. The molecule has 2 aromatic carbocycles. The molecule has 0 spiro atoms. The molecule has 4 rings (SSSR count). The van der Waals surface area contributed by atoms with E-state index in [1.165, 1.54) is 11.1 Å². The molecule has 2 nitrogen and oxygen atoms in total. The maximum Gasteiger partial charge on any atom is 0.259 e. The lowest BCUT2D eigenvalue weighted by Crippen LogP contribution is -2.24. The molecule has 2 heteroatoms. The molecular formula is C16H13NO. The molecule has 0 aromatic heterocycles. The molecule has 2 aliphatic heterocycles. The highest BCUT2D eigenvalue weighted by atomic mass is 16.2. The number of carbonyl (C=O) groups excluding carboxylic acids is 1. The van der Waals surface area contributed by atoms with Crippen molar-refractivity contribution in [3.8, 4) is 0 Å². The van der Waals surface area contributed by atoms with Gasteiger partial charge in [0.2, 0.25) is 0 Å². The molecule has 18 heavy (non-hydrogen) atoms. The van der Waals surface area contributed by atoms with Gasteiger partial charge in [-0.15, -0.1) is 0 Å². The van der Waals surface area contributed by atoms with Gasteiger partial charge in [0.25, 0.3) is 5.91 Å². The fourth-order valence-corrected chi connectivity index (χ4v) is 3.36. The number of hydrogen-bond donors (Lipinski definition) is 0. The van der Waals surface area contributed by atoms with Gasteiger partial charge < -0.3 is 0 Å². The summed E-state index contributed by atoms with van der Waals surface area (Å²) < 4.78 is 0. The van der Waals surface area contributed by atoms with Crippen LogP contribution in [0.25, 0.3) is 0 Å². The Kier molecular flexibility index (Phi) is 1.77. The maximum absolute atomic E-state index is 12.5. The van der Waals surface area contributed by atoms with Gasteiger partial charge >= 0.3 is 0 Å². The van der Waals surface area contributed by atoms with E-state index in [1.807, 2.05) is 35.2 Å². The Morgan fingerprint density at radius 1 is 0.944 bits per heavy atom. The standard InChI is InChI=1S/C16H13NO/c1-10-11-6-4-5-9-14(11)17-15(10)12-7-2-3-8-13(12)16(17)18/h2-10,15H,1H3/t10-,15+/m1/s1. The number of rotatable bonds is 0. The molecule has 2 heterocycles. The summed E-state index contributed by atoms with van der Waals surface area (Å²) in [5.74, 6) is 0.515. The zero-order chi connectivity index (χ0) is 12.3. The summed E-state index contributed by atoms with van der Waals surface area (Å²) in [6.07, 6.45) is 0. The van der Waals surface area contributed by atoms with Gasteiger partial charge in [-0.2, -0.15) is 0 Å². The molecule has 0 saturated heterocycles. The first-order valence-corrected chi connectivity index (χ1v) is 6.30. The second-order valence-corrected chi connectivity index (χ2v) is 5.05. The van der Waals surface area contributed by atoms with E-state index < -0.39 is 0 Å². The molecule has 2 aromatic rings.